The van der Waals surface area contributed by atoms with Gasteiger partial charge in [0, 0.05) is 10.9 Å². The van der Waals surface area contributed by atoms with E-state index in [4.69, 9.17) is 0 Å². The molecule has 0 saturated carbocycles. The number of aromatic hydroxyl groups is 2. The van der Waals surface area contributed by atoms with Gasteiger partial charge < -0.3 is 10.2 Å². The predicted molar refractivity (Wildman–Crippen MR) is 92.3 cm³/mol. The third-order valence-corrected chi connectivity index (χ3v) is 5.47. The highest BCUT2D eigenvalue weighted by Crippen LogP contribution is 2.41. The molecule has 0 fully saturated rings. The van der Waals surface area contributed by atoms with Crippen molar-refractivity contribution in [2.75, 3.05) is 0 Å². The van der Waals surface area contributed by atoms with Crippen LogP contribution in [0.2, 0.25) is 0 Å². The van der Waals surface area contributed by atoms with Gasteiger partial charge in [-0.3, -0.25) is 9.11 Å². The Kier molecular flexibility index (Phi) is 4.15. The summed E-state index contributed by atoms with van der Waals surface area (Å²) in [6.07, 6.45) is 0. The molecule has 0 radical (unpaired) electrons. The van der Waals surface area contributed by atoms with Crippen molar-refractivity contribution in [1.29, 1.82) is 0 Å². The van der Waals surface area contributed by atoms with Crippen molar-refractivity contribution >= 4 is 31.0 Å². The summed E-state index contributed by atoms with van der Waals surface area (Å²) in [6.45, 7) is 0. The second kappa shape index (κ2) is 5.95. The van der Waals surface area contributed by atoms with Crippen LogP contribution in [-0.4, -0.2) is 36.2 Å². The van der Waals surface area contributed by atoms with Gasteiger partial charge in [-0.25, -0.2) is 0 Å². The van der Waals surface area contributed by atoms with Crippen LogP contribution in [0.4, 0.5) is 0 Å². The van der Waals surface area contributed by atoms with Gasteiger partial charge in [0.1, 0.15) is 16.4 Å². The van der Waals surface area contributed by atoms with Gasteiger partial charge in [0.25, 0.3) is 20.2 Å². The van der Waals surface area contributed by atoms with Crippen LogP contribution in [-0.2, 0) is 20.2 Å². The van der Waals surface area contributed by atoms with Gasteiger partial charge in [-0.15, -0.1) is 0 Å². The molecule has 0 aliphatic rings. The van der Waals surface area contributed by atoms with Crippen molar-refractivity contribution in [2.45, 2.75) is 9.79 Å². The van der Waals surface area contributed by atoms with E-state index in [0.717, 1.165) is 6.07 Å². The Morgan fingerprint density at radius 2 is 1.35 bits per heavy atom. The van der Waals surface area contributed by atoms with E-state index in [1.807, 2.05) is 0 Å². The molecular weight excluding hydrogens is 384 g/mol. The molecule has 0 bridgehead atoms. The van der Waals surface area contributed by atoms with E-state index in [0.29, 0.717) is 11.6 Å². The first kappa shape index (κ1) is 18.1. The highest BCUT2D eigenvalue weighted by molar-refractivity contribution is 7.86. The Balaban J connectivity index is 2.54. The fourth-order valence-corrected chi connectivity index (χ4v) is 4.03. The van der Waals surface area contributed by atoms with Gasteiger partial charge in [-0.1, -0.05) is 18.2 Å². The summed E-state index contributed by atoms with van der Waals surface area (Å²) in [6, 6.07) is 9.53. The molecule has 0 heterocycles. The molecule has 26 heavy (non-hydrogen) atoms. The first-order valence-electron chi connectivity index (χ1n) is 7.02. The van der Waals surface area contributed by atoms with Gasteiger partial charge in [0.15, 0.2) is 0 Å². The minimum Gasteiger partial charge on any atom is -0.508 e. The largest absolute Gasteiger partial charge is 0.508 e. The van der Waals surface area contributed by atoms with Gasteiger partial charge in [0.2, 0.25) is 0 Å². The number of phenols is 2. The highest BCUT2D eigenvalue weighted by atomic mass is 32.2. The fraction of sp³-hybridized carbons (Fsp3) is 0. The van der Waals surface area contributed by atoms with Gasteiger partial charge in [-0.2, -0.15) is 16.8 Å². The molecule has 3 aromatic carbocycles. The number of hydrogen-bond acceptors (Lipinski definition) is 6. The van der Waals surface area contributed by atoms with Crippen molar-refractivity contribution in [2.24, 2.45) is 0 Å². The van der Waals surface area contributed by atoms with E-state index < -0.39 is 30.0 Å². The molecule has 0 spiro atoms. The summed E-state index contributed by atoms with van der Waals surface area (Å²) in [5, 5.41) is 19.6. The predicted octanol–water partition coefficient (Wildman–Crippen LogP) is 2.41. The van der Waals surface area contributed by atoms with E-state index in [2.05, 4.69) is 0 Å². The van der Waals surface area contributed by atoms with E-state index in [-0.39, 0.29) is 27.8 Å². The van der Waals surface area contributed by atoms with Crippen LogP contribution >= 0.6 is 0 Å². The minimum atomic E-state index is -4.90. The van der Waals surface area contributed by atoms with Crippen molar-refractivity contribution < 1.29 is 36.2 Å². The van der Waals surface area contributed by atoms with Crippen LogP contribution in [0.3, 0.4) is 0 Å². The zero-order chi connectivity index (χ0) is 19.3. The quantitative estimate of drug-likeness (QED) is 0.493. The molecule has 3 aromatic rings. The zero-order valence-electron chi connectivity index (χ0n) is 12.9. The van der Waals surface area contributed by atoms with E-state index in [9.17, 15) is 36.2 Å². The maximum absolute atomic E-state index is 11.8. The second-order valence-electron chi connectivity index (χ2n) is 5.48. The normalized spacial score (nSPS) is 12.4. The lowest BCUT2D eigenvalue weighted by atomic mass is 9.97. The summed E-state index contributed by atoms with van der Waals surface area (Å²) in [5.41, 5.74) is 0.326. The SMILES string of the molecule is O=S(=O)(O)c1cc(S(=O)(=O)O)c2c(-c3ccc(O)cc3)c(O)ccc2c1. The van der Waals surface area contributed by atoms with Crippen molar-refractivity contribution in [3.8, 4) is 22.6 Å². The maximum Gasteiger partial charge on any atom is 0.295 e. The molecule has 0 aliphatic carbocycles. The third-order valence-electron chi connectivity index (χ3n) is 3.76. The first-order valence-corrected chi connectivity index (χ1v) is 9.90. The average molecular weight is 396 g/mol. The smallest absolute Gasteiger partial charge is 0.295 e. The molecule has 10 heteroatoms. The van der Waals surface area contributed by atoms with Gasteiger partial charge >= 0.3 is 0 Å². The molecular formula is C16H12O8S2. The van der Waals surface area contributed by atoms with Gasteiger partial charge in [-0.05, 0) is 41.3 Å². The lowest BCUT2D eigenvalue weighted by molar-refractivity contribution is 0.474. The molecule has 0 atom stereocenters. The Bertz CT molecular complexity index is 1230. The fourth-order valence-electron chi connectivity index (χ4n) is 2.66. The van der Waals surface area contributed by atoms with Crippen molar-refractivity contribution in [3.63, 3.8) is 0 Å². The third kappa shape index (κ3) is 3.22. The van der Waals surface area contributed by atoms with Crippen LogP contribution in [0.5, 0.6) is 11.5 Å². The highest BCUT2D eigenvalue weighted by Gasteiger charge is 2.24. The second-order valence-corrected chi connectivity index (χ2v) is 8.29. The summed E-state index contributed by atoms with van der Waals surface area (Å²) in [5.74, 6) is -0.384. The molecule has 0 amide bonds. The number of fused-ring (bicyclic) bond motifs is 1. The van der Waals surface area contributed by atoms with Crippen molar-refractivity contribution in [1.82, 2.24) is 0 Å². The lowest BCUT2D eigenvalue weighted by Crippen LogP contribution is -2.05. The molecule has 0 aromatic heterocycles. The molecule has 3 rings (SSSR count). The van der Waals surface area contributed by atoms with Crippen LogP contribution in [0.15, 0.2) is 58.3 Å². The summed E-state index contributed by atoms with van der Waals surface area (Å²) >= 11 is 0. The molecule has 4 N–H and O–H groups in total. The summed E-state index contributed by atoms with van der Waals surface area (Å²) in [7, 11) is -9.65. The zero-order valence-corrected chi connectivity index (χ0v) is 14.5. The van der Waals surface area contributed by atoms with E-state index >= 15 is 0 Å². The topological polar surface area (TPSA) is 149 Å². The Labute approximate surface area is 148 Å². The molecule has 8 nitrogen and oxygen atoms in total. The number of hydrogen-bond donors (Lipinski definition) is 4. The van der Waals surface area contributed by atoms with Crippen LogP contribution in [0, 0.1) is 0 Å². The standard InChI is InChI=1S/C16H12O8S2/c17-11-4-1-9(2-5-11)15-13(18)6-3-10-7-12(25(19,20)21)8-14(16(10)15)26(22,23)24/h1-8,17-18H,(H,19,20,21)(H,22,23,24). The van der Waals surface area contributed by atoms with Gasteiger partial charge in [0.05, 0.1) is 4.90 Å². The maximum atomic E-state index is 11.8. The minimum absolute atomic E-state index is 0.0111. The Hall–Kier alpha value is -2.66. The van der Waals surface area contributed by atoms with Crippen molar-refractivity contribution in [3.05, 3.63) is 48.5 Å². The van der Waals surface area contributed by atoms with E-state index in [1.54, 1.807) is 0 Å². The number of phenolic OH excluding ortho intramolecular Hbond substituents is 2. The number of benzene rings is 3. The molecule has 136 valence electrons. The Morgan fingerprint density at radius 1 is 0.731 bits per heavy atom. The van der Waals surface area contributed by atoms with Crippen LogP contribution < -0.4 is 0 Å². The molecule has 0 saturated heterocycles. The average Bonchev–Trinajstić information content (AvgIpc) is 2.53. The van der Waals surface area contributed by atoms with Crippen LogP contribution in [0.1, 0.15) is 0 Å². The molecule has 0 unspecified atom stereocenters. The van der Waals surface area contributed by atoms with Crippen LogP contribution in [0.25, 0.3) is 21.9 Å². The number of rotatable bonds is 3. The molecule has 0 aliphatic heterocycles. The Morgan fingerprint density at radius 3 is 1.88 bits per heavy atom. The lowest BCUT2D eigenvalue weighted by Gasteiger charge is -2.14. The summed E-state index contributed by atoms with van der Waals surface area (Å²) < 4.78 is 65.3. The first-order chi connectivity index (χ1) is 12.0. The monoisotopic (exact) mass is 396 g/mol. The van der Waals surface area contributed by atoms with E-state index in [1.165, 1.54) is 36.4 Å². The summed E-state index contributed by atoms with van der Waals surface area (Å²) in [4.78, 5) is -1.51.